The summed E-state index contributed by atoms with van der Waals surface area (Å²) in [6, 6.07) is -9.81. The highest BCUT2D eigenvalue weighted by Crippen LogP contribution is 2.12. The van der Waals surface area contributed by atoms with Crippen LogP contribution in [-0.2, 0) is 43.2 Å². The van der Waals surface area contributed by atoms with Crippen molar-refractivity contribution in [3.8, 4) is 0 Å². The van der Waals surface area contributed by atoms with Crippen LogP contribution in [0.3, 0.4) is 0 Å². The van der Waals surface area contributed by atoms with Gasteiger partial charge in [-0.05, 0) is 49.9 Å². The zero-order chi connectivity index (χ0) is 43.3. The second kappa shape index (κ2) is 26.1. The Morgan fingerprint density at radius 1 is 0.554 bits per heavy atom. The maximum atomic E-state index is 13.6. The fraction of sp³-hybridized carbons (Fsp3) is 0.743. The highest BCUT2D eigenvalue weighted by Gasteiger charge is 2.36. The SMILES string of the molecule is CC[C@H](C)[C@H](NC(=O)[C@H](CC(=O)O)NC(=O)[C@@H]([NH3+])CC(=O)O)C(=O)N[C@@H](CO)C(=O)N[C@@H](CC(C)C)C(=O)N[C@@H](CC(C)C)C(=O)N[C@@H](CCCC[NH3+])C(=O)O. The molecule has 320 valence electrons. The van der Waals surface area contributed by atoms with E-state index in [1.165, 1.54) is 0 Å². The maximum absolute atomic E-state index is 13.6. The molecule has 0 saturated heterocycles. The van der Waals surface area contributed by atoms with Crippen LogP contribution in [0.5, 0.6) is 0 Å². The number of aliphatic carboxylic acids is 3. The van der Waals surface area contributed by atoms with Crippen molar-refractivity contribution >= 4 is 53.4 Å². The van der Waals surface area contributed by atoms with Crippen LogP contribution in [-0.4, -0.2) is 129 Å². The predicted molar refractivity (Wildman–Crippen MR) is 197 cm³/mol. The number of nitrogens with one attached hydrogen (secondary N) is 6. The molecule has 0 saturated carbocycles. The molecule has 16 N–H and O–H groups in total. The van der Waals surface area contributed by atoms with Crippen molar-refractivity contribution in [3.05, 3.63) is 0 Å². The van der Waals surface area contributed by atoms with Crippen molar-refractivity contribution in [1.29, 1.82) is 0 Å². The Hall–Kier alpha value is -4.89. The van der Waals surface area contributed by atoms with E-state index >= 15 is 0 Å². The van der Waals surface area contributed by atoms with E-state index in [9.17, 15) is 58.5 Å². The van der Waals surface area contributed by atoms with Crippen LogP contribution >= 0.6 is 0 Å². The maximum Gasteiger partial charge on any atom is 0.326 e. The number of amides is 6. The van der Waals surface area contributed by atoms with Gasteiger partial charge in [0.05, 0.1) is 19.6 Å². The molecule has 0 aliphatic rings. The number of aliphatic hydroxyl groups is 1. The standard InChI is InChI=1S/C35H62N8O13/c1-7-19(6)28(43-32(52)24(15-27(47)48)39-29(49)20(37)14-26(45)46)34(54)42-25(16-44)33(53)41-23(13-18(4)5)31(51)40-22(12-17(2)3)30(50)38-21(35(55)56)10-8-9-11-36/h17-25,28,44H,7-16,36-37H2,1-6H3,(H,38,50)(H,39,49)(H,40,51)(H,41,53)(H,42,54)(H,43,52)(H,45,46)(H,47,48)(H,55,56)/p+2/t19-,20-,21-,22-,23-,24-,25-,28-/m0/s1. The van der Waals surface area contributed by atoms with Gasteiger partial charge in [0.1, 0.15) is 42.7 Å². The molecule has 0 spiro atoms. The second-order valence-corrected chi connectivity index (χ2v) is 14.7. The minimum atomic E-state index is -1.74. The number of aliphatic hydroxyl groups excluding tert-OH is 1. The molecule has 0 aromatic carbocycles. The molecule has 56 heavy (non-hydrogen) atoms. The number of unbranched alkanes of at least 4 members (excludes halogenated alkanes) is 1. The van der Waals surface area contributed by atoms with Crippen molar-refractivity contribution < 1.29 is 75.0 Å². The molecule has 21 heteroatoms. The van der Waals surface area contributed by atoms with Gasteiger partial charge in [0, 0.05) is 0 Å². The van der Waals surface area contributed by atoms with E-state index in [1.54, 1.807) is 41.5 Å². The van der Waals surface area contributed by atoms with Gasteiger partial charge >= 0.3 is 17.9 Å². The van der Waals surface area contributed by atoms with E-state index in [0.29, 0.717) is 19.4 Å². The fourth-order valence-electron chi connectivity index (χ4n) is 5.39. The van der Waals surface area contributed by atoms with Gasteiger partial charge in [0.25, 0.3) is 5.91 Å². The number of rotatable bonds is 28. The molecule has 0 heterocycles. The van der Waals surface area contributed by atoms with Crippen LogP contribution in [0.25, 0.3) is 0 Å². The van der Waals surface area contributed by atoms with Crippen LogP contribution in [0.15, 0.2) is 0 Å². The molecule has 0 aromatic rings. The monoisotopic (exact) mass is 804 g/mol. The first-order valence-electron chi connectivity index (χ1n) is 18.8. The third-order valence-corrected chi connectivity index (χ3v) is 8.70. The number of carboxylic acids is 3. The lowest BCUT2D eigenvalue weighted by molar-refractivity contribution is -0.403. The minimum absolute atomic E-state index is 0.0608. The first-order chi connectivity index (χ1) is 26.1. The van der Waals surface area contributed by atoms with Gasteiger partial charge in [-0.15, -0.1) is 0 Å². The Kier molecular flexibility index (Phi) is 23.8. The number of carbonyl (C=O) groups excluding carboxylic acids is 6. The number of carboxylic acid groups (broad SMARTS) is 3. The summed E-state index contributed by atoms with van der Waals surface area (Å²) < 4.78 is 0. The fourth-order valence-corrected chi connectivity index (χ4v) is 5.39. The Morgan fingerprint density at radius 3 is 1.39 bits per heavy atom. The summed E-state index contributed by atoms with van der Waals surface area (Å²) >= 11 is 0. The highest BCUT2D eigenvalue weighted by molar-refractivity contribution is 5.98. The molecule has 0 aliphatic heterocycles. The van der Waals surface area contributed by atoms with Crippen LogP contribution in [0.2, 0.25) is 0 Å². The summed E-state index contributed by atoms with van der Waals surface area (Å²) in [5, 5.41) is 52.5. The number of hydrogen-bond acceptors (Lipinski definition) is 10. The van der Waals surface area contributed by atoms with Gasteiger partial charge in [0.15, 0.2) is 6.04 Å². The van der Waals surface area contributed by atoms with Crippen molar-refractivity contribution in [2.24, 2.45) is 17.8 Å². The largest absolute Gasteiger partial charge is 0.481 e. The second-order valence-electron chi connectivity index (χ2n) is 14.7. The third-order valence-electron chi connectivity index (χ3n) is 8.70. The van der Waals surface area contributed by atoms with E-state index in [2.05, 4.69) is 43.4 Å². The molecule has 0 rings (SSSR count). The van der Waals surface area contributed by atoms with Gasteiger partial charge in [-0.1, -0.05) is 48.0 Å². The number of carbonyl (C=O) groups is 9. The summed E-state index contributed by atoms with van der Waals surface area (Å²) in [5.41, 5.74) is 7.13. The first-order valence-corrected chi connectivity index (χ1v) is 18.8. The summed E-state index contributed by atoms with van der Waals surface area (Å²) in [4.78, 5) is 114. The average molecular weight is 805 g/mol. The van der Waals surface area contributed by atoms with Gasteiger partial charge in [-0.25, -0.2) is 4.79 Å². The molecule has 0 fully saturated rings. The van der Waals surface area contributed by atoms with Gasteiger partial charge < -0.3 is 63.8 Å². The van der Waals surface area contributed by atoms with Crippen LogP contribution in [0.1, 0.15) is 92.9 Å². The lowest BCUT2D eigenvalue weighted by atomic mass is 9.97. The molecule has 8 atom stereocenters. The first kappa shape index (κ1) is 51.1. The predicted octanol–water partition coefficient (Wildman–Crippen LogP) is -3.92. The molecular weight excluding hydrogens is 740 g/mol. The van der Waals surface area contributed by atoms with E-state index in [-0.39, 0.29) is 37.5 Å². The van der Waals surface area contributed by atoms with E-state index in [0.717, 1.165) is 0 Å². The Labute approximate surface area is 326 Å². The quantitative estimate of drug-likeness (QED) is 0.0337. The lowest BCUT2D eigenvalue weighted by Gasteiger charge is -2.29. The Bertz CT molecular complexity index is 1360. The summed E-state index contributed by atoms with van der Waals surface area (Å²) in [6.07, 6.45) is 0.184. The van der Waals surface area contributed by atoms with Crippen molar-refractivity contribution in [3.63, 3.8) is 0 Å². The van der Waals surface area contributed by atoms with E-state index in [4.69, 9.17) is 5.11 Å². The van der Waals surface area contributed by atoms with Crippen molar-refractivity contribution in [1.82, 2.24) is 31.9 Å². The molecule has 0 radical (unpaired) electrons. The van der Waals surface area contributed by atoms with Gasteiger partial charge in [-0.3, -0.25) is 38.4 Å². The molecule has 0 unspecified atom stereocenters. The third kappa shape index (κ3) is 19.6. The van der Waals surface area contributed by atoms with Gasteiger partial charge in [0.2, 0.25) is 29.5 Å². The van der Waals surface area contributed by atoms with Gasteiger partial charge in [-0.2, -0.15) is 0 Å². The molecule has 0 bridgehead atoms. The Morgan fingerprint density at radius 2 is 0.982 bits per heavy atom. The Balaban J connectivity index is 6.14. The van der Waals surface area contributed by atoms with Crippen LogP contribution in [0.4, 0.5) is 0 Å². The minimum Gasteiger partial charge on any atom is -0.481 e. The molecule has 0 aromatic heterocycles. The lowest BCUT2D eigenvalue weighted by Crippen LogP contribution is -2.69. The molecule has 21 nitrogen and oxygen atoms in total. The van der Waals surface area contributed by atoms with E-state index < -0.39 is 121 Å². The van der Waals surface area contributed by atoms with Crippen LogP contribution < -0.4 is 43.4 Å². The zero-order valence-corrected chi connectivity index (χ0v) is 33.2. The highest BCUT2D eigenvalue weighted by atomic mass is 16.4. The molecule has 0 aliphatic carbocycles. The van der Waals surface area contributed by atoms with Crippen molar-refractivity contribution in [2.45, 2.75) is 135 Å². The molecule has 6 amide bonds. The normalized spacial score (nSPS) is 15.5. The topological polar surface area (TPSA) is 362 Å². The summed E-state index contributed by atoms with van der Waals surface area (Å²) in [5.74, 6) is -10.6. The summed E-state index contributed by atoms with van der Waals surface area (Å²) in [6.45, 7) is 10.0. The average Bonchev–Trinajstić information content (AvgIpc) is 3.09. The number of quaternary nitrogens is 2. The molecular formula is C35H64N8O13+2. The summed E-state index contributed by atoms with van der Waals surface area (Å²) in [7, 11) is 0. The smallest absolute Gasteiger partial charge is 0.326 e. The number of hydrogen-bond donors (Lipinski definition) is 12. The van der Waals surface area contributed by atoms with Crippen LogP contribution in [0, 0.1) is 17.8 Å². The zero-order valence-electron chi connectivity index (χ0n) is 33.2. The van der Waals surface area contributed by atoms with Crippen molar-refractivity contribution in [2.75, 3.05) is 13.2 Å². The van der Waals surface area contributed by atoms with E-state index in [1.807, 2.05) is 0 Å².